The van der Waals surface area contributed by atoms with Gasteiger partial charge in [0.25, 0.3) is 0 Å². The number of thiophene rings is 1. The van der Waals surface area contributed by atoms with Crippen molar-refractivity contribution in [3.63, 3.8) is 0 Å². The molecular formula is C33H26ClNS. The first-order valence-corrected chi connectivity index (χ1v) is 13.7. The van der Waals surface area contributed by atoms with Crippen LogP contribution in [-0.4, -0.2) is 0 Å². The molecule has 176 valence electrons. The lowest BCUT2D eigenvalue weighted by atomic mass is 9.78. The minimum absolute atomic E-state index is 0.0285. The summed E-state index contributed by atoms with van der Waals surface area (Å²) >= 11 is 8.18. The number of benzene rings is 4. The van der Waals surface area contributed by atoms with Crippen LogP contribution in [0.15, 0.2) is 103 Å². The lowest BCUT2D eigenvalue weighted by Gasteiger charge is -2.29. The summed E-state index contributed by atoms with van der Waals surface area (Å²) in [5.74, 6) is 0. The Balaban J connectivity index is 1.47. The summed E-state index contributed by atoms with van der Waals surface area (Å²) in [6.45, 7) is 4.77. The molecule has 5 aromatic rings. The molecule has 0 fully saturated rings. The van der Waals surface area contributed by atoms with Gasteiger partial charge in [-0.15, -0.1) is 11.3 Å². The predicted octanol–water partition coefficient (Wildman–Crippen LogP) is 10.6. The molecule has 0 unspecified atom stereocenters. The molecule has 1 heterocycles. The molecule has 4 aromatic carbocycles. The number of hydrogen-bond donors (Lipinski definition) is 0. The van der Waals surface area contributed by atoms with Gasteiger partial charge in [-0.25, -0.2) is 0 Å². The van der Waals surface area contributed by atoms with E-state index in [2.05, 4.69) is 104 Å². The van der Waals surface area contributed by atoms with Gasteiger partial charge in [0.05, 0.1) is 10.4 Å². The van der Waals surface area contributed by atoms with Gasteiger partial charge in [0, 0.05) is 37.3 Å². The summed E-state index contributed by atoms with van der Waals surface area (Å²) in [6.07, 6.45) is 6.93. The van der Waals surface area contributed by atoms with E-state index in [0.717, 1.165) is 23.6 Å². The van der Waals surface area contributed by atoms with Crippen molar-refractivity contribution in [3.8, 4) is 0 Å². The molecule has 0 bridgehead atoms. The van der Waals surface area contributed by atoms with Crippen LogP contribution in [-0.2, 0) is 5.41 Å². The Morgan fingerprint density at radius 2 is 1.61 bits per heavy atom. The number of allylic oxidation sites excluding steroid dienone is 4. The van der Waals surface area contributed by atoms with Gasteiger partial charge in [0.1, 0.15) is 0 Å². The van der Waals surface area contributed by atoms with Crippen molar-refractivity contribution >= 4 is 65.7 Å². The fourth-order valence-electron chi connectivity index (χ4n) is 6.08. The fraction of sp³-hybridized carbons (Fsp3) is 0.152. The van der Waals surface area contributed by atoms with Crippen LogP contribution in [0.4, 0.5) is 17.1 Å². The predicted molar refractivity (Wildman–Crippen MR) is 157 cm³/mol. The Morgan fingerprint density at radius 1 is 0.833 bits per heavy atom. The minimum Gasteiger partial charge on any atom is -0.309 e. The Morgan fingerprint density at radius 3 is 2.47 bits per heavy atom. The molecule has 3 heteroatoms. The van der Waals surface area contributed by atoms with E-state index in [1.165, 1.54) is 48.2 Å². The zero-order valence-corrected chi connectivity index (χ0v) is 22.0. The van der Waals surface area contributed by atoms with E-state index >= 15 is 0 Å². The molecule has 36 heavy (non-hydrogen) atoms. The van der Waals surface area contributed by atoms with Gasteiger partial charge in [-0.3, -0.25) is 0 Å². The van der Waals surface area contributed by atoms with E-state index in [1.54, 1.807) is 5.57 Å². The number of halogens is 1. The van der Waals surface area contributed by atoms with E-state index in [1.807, 2.05) is 23.5 Å². The van der Waals surface area contributed by atoms with Crippen LogP contribution in [0.1, 0.15) is 37.8 Å². The van der Waals surface area contributed by atoms with Crippen LogP contribution < -0.4 is 4.90 Å². The van der Waals surface area contributed by atoms with E-state index < -0.39 is 0 Å². The fourth-order valence-corrected chi connectivity index (χ4v) is 7.41. The van der Waals surface area contributed by atoms with Crippen LogP contribution in [0, 0.1) is 0 Å². The van der Waals surface area contributed by atoms with E-state index in [4.69, 9.17) is 11.6 Å². The molecule has 2 aliphatic rings. The molecule has 0 atom stereocenters. The first kappa shape index (κ1) is 21.9. The first-order chi connectivity index (χ1) is 17.5. The van der Waals surface area contributed by atoms with Crippen molar-refractivity contribution < 1.29 is 0 Å². The maximum absolute atomic E-state index is 6.31. The lowest BCUT2D eigenvalue weighted by molar-refractivity contribution is 0.607. The maximum atomic E-state index is 6.31. The zero-order valence-electron chi connectivity index (χ0n) is 20.4. The summed E-state index contributed by atoms with van der Waals surface area (Å²) in [5.41, 5.74) is 9.31. The van der Waals surface area contributed by atoms with Crippen molar-refractivity contribution in [3.05, 3.63) is 119 Å². The zero-order chi connectivity index (χ0) is 24.4. The van der Waals surface area contributed by atoms with Gasteiger partial charge in [-0.05, 0) is 78.1 Å². The molecule has 0 amide bonds. The highest BCUT2D eigenvalue weighted by Gasteiger charge is 2.37. The van der Waals surface area contributed by atoms with Gasteiger partial charge in [0.2, 0.25) is 0 Å². The van der Waals surface area contributed by atoms with Crippen molar-refractivity contribution in [1.82, 2.24) is 0 Å². The van der Waals surface area contributed by atoms with E-state index in [-0.39, 0.29) is 5.41 Å². The van der Waals surface area contributed by atoms with Crippen molar-refractivity contribution in [2.45, 2.75) is 32.1 Å². The normalized spacial score (nSPS) is 16.0. The highest BCUT2D eigenvalue weighted by Crippen LogP contribution is 2.52. The summed E-state index contributed by atoms with van der Waals surface area (Å²) in [6, 6.07) is 30.6. The molecule has 0 saturated heterocycles. The van der Waals surface area contributed by atoms with E-state index in [9.17, 15) is 0 Å². The molecular weight excluding hydrogens is 478 g/mol. The summed E-state index contributed by atoms with van der Waals surface area (Å²) in [7, 11) is 0. The SMILES string of the molecule is CC1(C)C2=C(C=CCC2)c2ccc(N(c3ccc(Cl)cc3)c3cccc4c3sc3ccccc34)cc21. The van der Waals surface area contributed by atoms with Crippen LogP contribution in [0.2, 0.25) is 5.02 Å². The van der Waals surface area contributed by atoms with Gasteiger partial charge >= 0.3 is 0 Å². The number of rotatable bonds is 3. The number of anilines is 3. The Hall–Kier alpha value is -3.33. The van der Waals surface area contributed by atoms with Crippen LogP contribution in [0.5, 0.6) is 0 Å². The molecule has 2 aliphatic carbocycles. The number of fused-ring (bicyclic) bond motifs is 5. The Bertz CT molecular complexity index is 1720. The second kappa shape index (κ2) is 8.09. The average molecular weight is 504 g/mol. The summed E-state index contributed by atoms with van der Waals surface area (Å²) < 4.78 is 2.61. The summed E-state index contributed by atoms with van der Waals surface area (Å²) in [4.78, 5) is 2.40. The quantitative estimate of drug-likeness (QED) is 0.236. The lowest BCUT2D eigenvalue weighted by Crippen LogP contribution is -2.18. The molecule has 1 aromatic heterocycles. The molecule has 1 nitrogen and oxygen atoms in total. The van der Waals surface area contributed by atoms with Gasteiger partial charge in [-0.2, -0.15) is 0 Å². The number of hydrogen-bond acceptors (Lipinski definition) is 2. The Kier molecular flexibility index (Phi) is 4.93. The maximum Gasteiger partial charge on any atom is 0.0640 e. The van der Waals surface area contributed by atoms with Crippen LogP contribution in [0.3, 0.4) is 0 Å². The molecule has 0 spiro atoms. The van der Waals surface area contributed by atoms with E-state index in [0.29, 0.717) is 0 Å². The van der Waals surface area contributed by atoms with Crippen molar-refractivity contribution in [2.75, 3.05) is 4.90 Å². The molecule has 0 aliphatic heterocycles. The van der Waals surface area contributed by atoms with Gasteiger partial charge < -0.3 is 4.90 Å². The van der Waals surface area contributed by atoms with Gasteiger partial charge in [-0.1, -0.05) is 79.6 Å². The van der Waals surface area contributed by atoms with Crippen LogP contribution in [0.25, 0.3) is 25.7 Å². The van der Waals surface area contributed by atoms with Gasteiger partial charge in [0.15, 0.2) is 0 Å². The Labute approximate surface area is 221 Å². The minimum atomic E-state index is 0.0285. The smallest absolute Gasteiger partial charge is 0.0640 e. The second-order valence-corrected chi connectivity index (χ2v) is 11.7. The second-order valence-electron chi connectivity index (χ2n) is 10.3. The highest BCUT2D eigenvalue weighted by molar-refractivity contribution is 7.26. The average Bonchev–Trinajstić information content (AvgIpc) is 3.39. The molecule has 0 N–H and O–H groups in total. The molecule has 0 radical (unpaired) electrons. The highest BCUT2D eigenvalue weighted by atomic mass is 35.5. The monoisotopic (exact) mass is 503 g/mol. The number of nitrogens with zero attached hydrogens (tertiary/aromatic N) is 1. The molecule has 7 rings (SSSR count). The standard InChI is InChI=1S/C33H26ClNS/c1-33(2)28-11-5-3-8-24(28)25-19-18-23(20-29(25)33)35(22-16-14-21(34)15-17-22)30-12-7-10-27-26-9-4-6-13-31(26)36-32(27)30/h3-4,6-10,12-20H,5,11H2,1-2H3. The third-order valence-electron chi connectivity index (χ3n) is 7.86. The third kappa shape index (κ3) is 3.21. The van der Waals surface area contributed by atoms with Crippen molar-refractivity contribution in [2.24, 2.45) is 0 Å². The third-order valence-corrected chi connectivity index (χ3v) is 9.32. The molecule has 0 saturated carbocycles. The first-order valence-electron chi connectivity index (χ1n) is 12.5. The topological polar surface area (TPSA) is 3.24 Å². The summed E-state index contributed by atoms with van der Waals surface area (Å²) in [5, 5.41) is 3.36. The van der Waals surface area contributed by atoms with Crippen LogP contribution >= 0.6 is 22.9 Å². The largest absolute Gasteiger partial charge is 0.309 e. The van der Waals surface area contributed by atoms with Crippen molar-refractivity contribution in [1.29, 1.82) is 0 Å².